The van der Waals surface area contributed by atoms with Crippen LogP contribution in [0, 0.1) is 11.3 Å². The second-order valence-electron chi connectivity index (χ2n) is 5.43. The fraction of sp³-hybridized carbons (Fsp3) is 0.818. The minimum atomic E-state index is 0.401. The highest BCUT2D eigenvalue weighted by Gasteiger charge is 2.16. The fourth-order valence-electron chi connectivity index (χ4n) is 1.92. The van der Waals surface area contributed by atoms with E-state index in [0.717, 1.165) is 12.2 Å². The Balaban J connectivity index is 2.50. The topological polar surface area (TPSA) is 30.7 Å². The summed E-state index contributed by atoms with van der Waals surface area (Å²) in [6.07, 6.45) is 4.01. The van der Waals surface area contributed by atoms with Crippen LogP contribution in [0.15, 0.2) is 6.33 Å². The van der Waals surface area contributed by atoms with Crippen molar-refractivity contribution in [2.24, 2.45) is 18.4 Å². The third-order valence-corrected chi connectivity index (χ3v) is 2.30. The van der Waals surface area contributed by atoms with Crippen molar-refractivity contribution in [1.82, 2.24) is 14.8 Å². The van der Waals surface area contributed by atoms with Crippen LogP contribution in [0.1, 0.15) is 39.9 Å². The molecular weight excluding hydrogens is 174 g/mol. The zero-order valence-corrected chi connectivity index (χ0v) is 9.91. The van der Waals surface area contributed by atoms with Gasteiger partial charge in [0.05, 0.1) is 0 Å². The summed E-state index contributed by atoms with van der Waals surface area (Å²) in [6, 6.07) is 0. The van der Waals surface area contributed by atoms with Gasteiger partial charge in [-0.15, -0.1) is 10.2 Å². The molecule has 1 aromatic heterocycles. The van der Waals surface area contributed by atoms with Gasteiger partial charge in [-0.2, -0.15) is 0 Å². The first-order valence-electron chi connectivity index (χ1n) is 5.21. The Morgan fingerprint density at radius 3 is 2.50 bits per heavy atom. The maximum atomic E-state index is 4.10. The van der Waals surface area contributed by atoms with E-state index < -0.39 is 0 Å². The molecular formula is C11H21N3. The number of hydrogen-bond donors (Lipinski definition) is 0. The van der Waals surface area contributed by atoms with Crippen molar-refractivity contribution >= 4 is 0 Å². The van der Waals surface area contributed by atoms with Gasteiger partial charge in [0.25, 0.3) is 0 Å². The Morgan fingerprint density at radius 2 is 2.07 bits per heavy atom. The summed E-state index contributed by atoms with van der Waals surface area (Å²) in [4.78, 5) is 0. The first kappa shape index (κ1) is 11.2. The summed E-state index contributed by atoms with van der Waals surface area (Å²) in [7, 11) is 2.00. The minimum absolute atomic E-state index is 0.401. The van der Waals surface area contributed by atoms with Gasteiger partial charge in [-0.25, -0.2) is 0 Å². The fourth-order valence-corrected chi connectivity index (χ4v) is 1.92. The Morgan fingerprint density at radius 1 is 1.43 bits per heavy atom. The van der Waals surface area contributed by atoms with Gasteiger partial charge < -0.3 is 4.57 Å². The molecule has 1 aromatic rings. The van der Waals surface area contributed by atoms with Gasteiger partial charge in [0.2, 0.25) is 0 Å². The summed E-state index contributed by atoms with van der Waals surface area (Å²) < 4.78 is 2.00. The van der Waals surface area contributed by atoms with Crippen molar-refractivity contribution in [3.8, 4) is 0 Å². The van der Waals surface area contributed by atoms with E-state index in [1.807, 2.05) is 11.6 Å². The van der Waals surface area contributed by atoms with Gasteiger partial charge in [0.15, 0.2) is 0 Å². The Kier molecular flexibility index (Phi) is 3.29. The lowest BCUT2D eigenvalue weighted by Gasteiger charge is -2.22. The van der Waals surface area contributed by atoms with Gasteiger partial charge in [-0.05, 0) is 17.8 Å². The highest BCUT2D eigenvalue weighted by atomic mass is 15.2. The largest absolute Gasteiger partial charge is 0.321 e. The van der Waals surface area contributed by atoms with E-state index >= 15 is 0 Å². The number of aryl methyl sites for hydroxylation is 1. The highest BCUT2D eigenvalue weighted by molar-refractivity contribution is 4.86. The molecule has 0 radical (unpaired) electrons. The Hall–Kier alpha value is -0.860. The van der Waals surface area contributed by atoms with E-state index in [1.54, 1.807) is 6.33 Å². The molecule has 0 N–H and O–H groups in total. The number of rotatable bonds is 3. The van der Waals surface area contributed by atoms with Gasteiger partial charge >= 0.3 is 0 Å². The highest BCUT2D eigenvalue weighted by Crippen LogP contribution is 2.25. The molecule has 0 saturated carbocycles. The zero-order valence-electron chi connectivity index (χ0n) is 9.91. The SMILES string of the molecule is CC(Cc1nncn1C)CC(C)(C)C. The van der Waals surface area contributed by atoms with Crippen molar-refractivity contribution in [1.29, 1.82) is 0 Å². The molecule has 1 heterocycles. The average molecular weight is 195 g/mol. The van der Waals surface area contributed by atoms with Crippen LogP contribution in [0.3, 0.4) is 0 Å². The molecule has 1 atom stereocenters. The lowest BCUT2D eigenvalue weighted by Crippen LogP contribution is -2.14. The predicted octanol–water partition coefficient (Wildman–Crippen LogP) is 2.43. The molecule has 0 spiro atoms. The van der Waals surface area contributed by atoms with Crippen molar-refractivity contribution in [2.75, 3.05) is 0 Å². The van der Waals surface area contributed by atoms with Crippen LogP contribution >= 0.6 is 0 Å². The van der Waals surface area contributed by atoms with Crippen molar-refractivity contribution < 1.29 is 0 Å². The Labute approximate surface area is 86.5 Å². The number of nitrogens with zero attached hydrogens (tertiary/aromatic N) is 3. The second kappa shape index (κ2) is 4.11. The maximum absolute atomic E-state index is 4.10. The molecule has 3 heteroatoms. The quantitative estimate of drug-likeness (QED) is 0.741. The third kappa shape index (κ3) is 3.48. The average Bonchev–Trinajstić information content (AvgIpc) is 2.32. The van der Waals surface area contributed by atoms with E-state index in [1.165, 1.54) is 6.42 Å². The zero-order chi connectivity index (χ0) is 10.8. The molecule has 0 aliphatic carbocycles. The molecule has 1 rings (SSSR count). The van der Waals surface area contributed by atoms with Crippen LogP contribution in [0.4, 0.5) is 0 Å². The number of aromatic nitrogens is 3. The van der Waals surface area contributed by atoms with Gasteiger partial charge in [-0.3, -0.25) is 0 Å². The van der Waals surface area contributed by atoms with Crippen LogP contribution in [0.2, 0.25) is 0 Å². The van der Waals surface area contributed by atoms with Gasteiger partial charge in [0, 0.05) is 13.5 Å². The van der Waals surface area contributed by atoms with Gasteiger partial charge in [0.1, 0.15) is 12.2 Å². The van der Waals surface area contributed by atoms with Crippen LogP contribution in [0.25, 0.3) is 0 Å². The second-order valence-corrected chi connectivity index (χ2v) is 5.43. The normalized spacial score (nSPS) is 14.4. The summed E-state index contributed by atoms with van der Waals surface area (Å²) in [5, 5.41) is 7.98. The van der Waals surface area contributed by atoms with Crippen LogP contribution in [0.5, 0.6) is 0 Å². The molecule has 14 heavy (non-hydrogen) atoms. The molecule has 0 aromatic carbocycles. The molecule has 0 amide bonds. The monoisotopic (exact) mass is 195 g/mol. The van der Waals surface area contributed by atoms with Gasteiger partial charge in [-0.1, -0.05) is 27.7 Å². The van der Waals surface area contributed by atoms with E-state index in [-0.39, 0.29) is 0 Å². The lowest BCUT2D eigenvalue weighted by molar-refractivity contribution is 0.302. The van der Waals surface area contributed by atoms with Crippen molar-refractivity contribution in [3.63, 3.8) is 0 Å². The molecule has 80 valence electrons. The molecule has 0 aliphatic rings. The van der Waals surface area contributed by atoms with E-state index in [2.05, 4.69) is 37.9 Å². The molecule has 0 bridgehead atoms. The summed E-state index contributed by atoms with van der Waals surface area (Å²) in [5.74, 6) is 1.75. The maximum Gasteiger partial charge on any atom is 0.132 e. The van der Waals surface area contributed by atoms with Crippen LogP contribution < -0.4 is 0 Å². The van der Waals surface area contributed by atoms with Crippen LogP contribution in [-0.4, -0.2) is 14.8 Å². The minimum Gasteiger partial charge on any atom is -0.321 e. The first-order valence-corrected chi connectivity index (χ1v) is 5.21. The molecule has 0 aliphatic heterocycles. The van der Waals surface area contributed by atoms with E-state index in [4.69, 9.17) is 0 Å². The Bertz CT molecular complexity index is 283. The standard InChI is InChI=1S/C11H21N3/c1-9(7-11(2,3)4)6-10-13-12-8-14(10)5/h8-9H,6-7H2,1-5H3. The molecule has 0 saturated heterocycles. The predicted molar refractivity (Wildman–Crippen MR) is 57.9 cm³/mol. The van der Waals surface area contributed by atoms with E-state index in [9.17, 15) is 0 Å². The smallest absolute Gasteiger partial charge is 0.132 e. The number of hydrogen-bond acceptors (Lipinski definition) is 2. The van der Waals surface area contributed by atoms with E-state index in [0.29, 0.717) is 11.3 Å². The molecule has 0 fully saturated rings. The summed E-state index contributed by atoms with van der Waals surface area (Å²) >= 11 is 0. The lowest BCUT2D eigenvalue weighted by atomic mass is 9.84. The molecule has 3 nitrogen and oxygen atoms in total. The third-order valence-electron chi connectivity index (χ3n) is 2.30. The summed E-state index contributed by atoms with van der Waals surface area (Å²) in [6.45, 7) is 9.11. The first-order chi connectivity index (χ1) is 6.38. The van der Waals surface area contributed by atoms with Crippen molar-refractivity contribution in [3.05, 3.63) is 12.2 Å². The van der Waals surface area contributed by atoms with Crippen molar-refractivity contribution in [2.45, 2.75) is 40.5 Å². The van der Waals surface area contributed by atoms with Crippen LogP contribution in [-0.2, 0) is 13.5 Å². The summed E-state index contributed by atoms with van der Waals surface area (Å²) in [5.41, 5.74) is 0.401. The molecule has 1 unspecified atom stereocenters.